The molecular weight excluding hydrogens is 236 g/mol. The van der Waals surface area contributed by atoms with Crippen LogP contribution in [0.1, 0.15) is 12.8 Å². The molecule has 92 valence electrons. The van der Waals surface area contributed by atoms with Crippen molar-refractivity contribution in [2.45, 2.75) is 12.8 Å². The molecule has 1 aliphatic heterocycles. The summed E-state index contributed by atoms with van der Waals surface area (Å²) in [5.41, 5.74) is -1.68. The Hall–Kier alpha value is -0.950. The molecule has 0 spiro atoms. The molecule has 1 N–H and O–H groups in total. The molecule has 1 unspecified atom stereocenters. The van der Waals surface area contributed by atoms with Crippen molar-refractivity contribution in [1.29, 1.82) is 0 Å². The summed E-state index contributed by atoms with van der Waals surface area (Å²) in [6.45, 7) is -0.0383. The second-order valence-electron chi connectivity index (χ2n) is 3.99. The van der Waals surface area contributed by atoms with Crippen molar-refractivity contribution in [3.63, 3.8) is 0 Å². The number of carboxylic acids is 1. The Morgan fingerprint density at radius 3 is 2.62 bits per heavy atom. The van der Waals surface area contributed by atoms with Gasteiger partial charge in [-0.1, -0.05) is 0 Å². The number of hydrogen-bond acceptors (Lipinski definition) is 5. The Kier molecular flexibility index (Phi) is 3.69. The lowest BCUT2D eigenvalue weighted by Gasteiger charge is -2.31. The van der Waals surface area contributed by atoms with E-state index in [2.05, 4.69) is 0 Å². The average Bonchev–Trinajstić information content (AvgIpc) is 2.15. The highest BCUT2D eigenvalue weighted by Crippen LogP contribution is 2.30. The van der Waals surface area contributed by atoms with Crippen LogP contribution in [0.25, 0.3) is 0 Å². The van der Waals surface area contributed by atoms with Gasteiger partial charge < -0.3 is 9.84 Å². The molecule has 0 aromatic rings. The molecule has 1 aliphatic rings. The fraction of sp³-hybridized carbons (Fsp3) is 0.778. The zero-order valence-electron chi connectivity index (χ0n) is 8.93. The molecule has 0 saturated carbocycles. The van der Waals surface area contributed by atoms with E-state index in [1.165, 1.54) is 0 Å². The van der Waals surface area contributed by atoms with E-state index in [0.29, 0.717) is 0 Å². The van der Waals surface area contributed by atoms with Gasteiger partial charge in [0.1, 0.15) is 9.84 Å². The summed E-state index contributed by atoms with van der Waals surface area (Å²) in [5, 5.41) is 9.06. The normalized spacial score (nSPS) is 26.7. The van der Waals surface area contributed by atoms with Gasteiger partial charge in [0, 0.05) is 12.7 Å². The van der Waals surface area contributed by atoms with Gasteiger partial charge in [-0.2, -0.15) is 0 Å². The summed E-state index contributed by atoms with van der Waals surface area (Å²) in [6, 6.07) is 0. The minimum absolute atomic E-state index is 0.0239. The van der Waals surface area contributed by atoms with Gasteiger partial charge >= 0.3 is 5.97 Å². The van der Waals surface area contributed by atoms with Crippen LogP contribution >= 0.6 is 0 Å². The summed E-state index contributed by atoms with van der Waals surface area (Å²) in [7, 11) is -3.29. The molecule has 1 saturated heterocycles. The number of ether oxygens (including phenoxy) is 1. The van der Waals surface area contributed by atoms with Crippen LogP contribution in [0, 0.1) is 5.41 Å². The summed E-state index contributed by atoms with van der Waals surface area (Å²) < 4.78 is 27.0. The molecule has 1 fully saturated rings. The van der Waals surface area contributed by atoms with Gasteiger partial charge in [0.15, 0.2) is 11.2 Å². The van der Waals surface area contributed by atoms with Crippen molar-refractivity contribution in [3.05, 3.63) is 0 Å². The highest BCUT2D eigenvalue weighted by atomic mass is 32.2. The van der Waals surface area contributed by atoms with Gasteiger partial charge in [-0.3, -0.25) is 9.59 Å². The maximum absolute atomic E-state index is 11.6. The Balaban J connectivity index is 2.88. The molecule has 16 heavy (non-hydrogen) atoms. The second-order valence-corrected chi connectivity index (χ2v) is 6.25. The Bertz CT molecular complexity index is 398. The van der Waals surface area contributed by atoms with Crippen LogP contribution in [0.15, 0.2) is 0 Å². The van der Waals surface area contributed by atoms with Gasteiger partial charge in [-0.25, -0.2) is 8.42 Å². The summed E-state index contributed by atoms with van der Waals surface area (Å²) >= 11 is 0. The zero-order valence-corrected chi connectivity index (χ0v) is 9.75. The van der Waals surface area contributed by atoms with E-state index in [9.17, 15) is 18.0 Å². The largest absolute Gasteiger partial charge is 0.480 e. The lowest BCUT2D eigenvalue weighted by atomic mass is 9.79. The van der Waals surface area contributed by atoms with Crippen molar-refractivity contribution in [1.82, 2.24) is 0 Å². The van der Waals surface area contributed by atoms with Crippen molar-refractivity contribution < 1.29 is 27.9 Å². The van der Waals surface area contributed by atoms with Crippen molar-refractivity contribution >= 4 is 21.6 Å². The minimum Gasteiger partial charge on any atom is -0.480 e. The number of sulfone groups is 1. The van der Waals surface area contributed by atoms with E-state index in [0.717, 1.165) is 6.26 Å². The predicted molar refractivity (Wildman–Crippen MR) is 54.8 cm³/mol. The molecule has 1 atom stereocenters. The highest BCUT2D eigenvalue weighted by Gasteiger charge is 2.48. The number of rotatable bonds is 4. The van der Waals surface area contributed by atoms with Crippen LogP contribution in [0.4, 0.5) is 0 Å². The van der Waals surface area contributed by atoms with E-state index in [-0.39, 0.29) is 31.8 Å². The zero-order chi connectivity index (χ0) is 12.4. The Labute approximate surface area is 93.5 Å². The van der Waals surface area contributed by atoms with E-state index >= 15 is 0 Å². The number of carbonyl (C=O) groups is 2. The quantitative estimate of drug-likeness (QED) is 0.674. The number of Topliss-reactive ketones (excluding diaryl/α,β-unsaturated/α-hetero) is 1. The van der Waals surface area contributed by atoms with Gasteiger partial charge in [-0.15, -0.1) is 0 Å². The molecule has 1 rings (SSSR count). The Morgan fingerprint density at radius 1 is 1.56 bits per heavy atom. The van der Waals surface area contributed by atoms with Gasteiger partial charge in [0.05, 0.1) is 19.0 Å². The first-order chi connectivity index (χ1) is 7.28. The van der Waals surface area contributed by atoms with Gasteiger partial charge in [-0.05, 0) is 6.42 Å². The molecule has 6 nitrogen and oxygen atoms in total. The third kappa shape index (κ3) is 2.79. The first-order valence-corrected chi connectivity index (χ1v) is 6.86. The SMILES string of the molecule is CS(=O)(=O)CCC1(C(=O)O)COCCC1=O. The van der Waals surface area contributed by atoms with Crippen LogP contribution in [-0.4, -0.2) is 50.5 Å². The molecular formula is C9H14O6S. The second kappa shape index (κ2) is 4.50. The van der Waals surface area contributed by atoms with Crippen LogP contribution in [0.5, 0.6) is 0 Å². The number of aliphatic carboxylic acids is 1. The third-order valence-corrected chi connectivity index (χ3v) is 3.61. The van der Waals surface area contributed by atoms with Crippen LogP contribution in [-0.2, 0) is 24.2 Å². The molecule has 0 aromatic carbocycles. The lowest BCUT2D eigenvalue weighted by molar-refractivity contribution is -0.164. The number of carbonyl (C=O) groups excluding carboxylic acids is 1. The predicted octanol–water partition coefficient (Wildman–Crippen LogP) is -0.518. The molecule has 0 aromatic heterocycles. The summed E-state index contributed by atoms with van der Waals surface area (Å²) in [4.78, 5) is 22.7. The van der Waals surface area contributed by atoms with E-state index < -0.39 is 27.0 Å². The van der Waals surface area contributed by atoms with E-state index in [4.69, 9.17) is 9.84 Å². The molecule has 0 bridgehead atoms. The van der Waals surface area contributed by atoms with Crippen molar-refractivity contribution in [2.24, 2.45) is 5.41 Å². The first kappa shape index (κ1) is 13.1. The lowest BCUT2D eigenvalue weighted by Crippen LogP contribution is -2.48. The minimum atomic E-state index is -3.29. The number of ketones is 1. The van der Waals surface area contributed by atoms with Crippen LogP contribution < -0.4 is 0 Å². The van der Waals surface area contributed by atoms with Crippen molar-refractivity contribution in [2.75, 3.05) is 25.2 Å². The average molecular weight is 250 g/mol. The van der Waals surface area contributed by atoms with E-state index in [1.54, 1.807) is 0 Å². The molecule has 0 aliphatic carbocycles. The fourth-order valence-electron chi connectivity index (χ4n) is 1.59. The monoisotopic (exact) mass is 250 g/mol. The molecule has 1 heterocycles. The standard InChI is InChI=1S/C9H14O6S/c1-16(13,14)5-3-9(8(11)12)6-15-4-2-7(9)10/h2-6H2,1H3,(H,11,12). The highest BCUT2D eigenvalue weighted by molar-refractivity contribution is 7.90. The number of carboxylic acid groups (broad SMARTS) is 1. The number of hydrogen-bond donors (Lipinski definition) is 1. The van der Waals surface area contributed by atoms with Crippen molar-refractivity contribution in [3.8, 4) is 0 Å². The maximum Gasteiger partial charge on any atom is 0.319 e. The first-order valence-electron chi connectivity index (χ1n) is 4.80. The van der Waals surface area contributed by atoms with E-state index in [1.807, 2.05) is 0 Å². The van der Waals surface area contributed by atoms with Gasteiger partial charge in [0.2, 0.25) is 0 Å². The fourth-order valence-corrected chi connectivity index (χ4v) is 2.31. The maximum atomic E-state index is 11.6. The Morgan fingerprint density at radius 2 is 2.19 bits per heavy atom. The van der Waals surface area contributed by atoms with Gasteiger partial charge in [0.25, 0.3) is 0 Å². The summed E-state index contributed by atoms with van der Waals surface area (Å²) in [5.74, 6) is -2.08. The molecule has 7 heteroatoms. The smallest absolute Gasteiger partial charge is 0.319 e. The third-order valence-electron chi connectivity index (χ3n) is 2.66. The van der Waals surface area contributed by atoms with Crippen LogP contribution in [0.2, 0.25) is 0 Å². The summed E-state index contributed by atoms with van der Waals surface area (Å²) in [6.07, 6.45) is 0.812. The topological polar surface area (TPSA) is 97.7 Å². The molecule has 0 radical (unpaired) electrons. The van der Waals surface area contributed by atoms with Crippen LogP contribution in [0.3, 0.4) is 0 Å². The molecule has 0 amide bonds.